The smallest absolute Gasteiger partial charge is 0.269 e. The topological polar surface area (TPSA) is 81.6 Å². The highest BCUT2D eigenvalue weighted by molar-refractivity contribution is 5.91. The summed E-state index contributed by atoms with van der Waals surface area (Å²) >= 11 is 0. The average Bonchev–Trinajstić information content (AvgIpc) is 2.90. The second-order valence-electron chi connectivity index (χ2n) is 3.47. The Hall–Kier alpha value is -2.61. The number of nitriles is 1. The molecule has 17 heavy (non-hydrogen) atoms. The standard InChI is InChI=1S/C12H10N4O/c13-7-9-2-1-3-10(6-9)8-14-12(17)11-4-5-15-16-11/h1-6H,8H2,(H,14,17)(H,15,16). The zero-order valence-corrected chi connectivity index (χ0v) is 8.97. The maximum atomic E-state index is 11.6. The van der Waals surface area contributed by atoms with E-state index in [1.165, 1.54) is 6.20 Å². The first-order valence-corrected chi connectivity index (χ1v) is 5.06. The van der Waals surface area contributed by atoms with Gasteiger partial charge in [0, 0.05) is 12.7 Å². The van der Waals surface area contributed by atoms with Crippen LogP contribution in [0.1, 0.15) is 21.6 Å². The molecule has 5 nitrogen and oxygen atoms in total. The highest BCUT2D eigenvalue weighted by Gasteiger charge is 2.05. The van der Waals surface area contributed by atoms with E-state index in [1.54, 1.807) is 24.3 Å². The number of carbonyl (C=O) groups is 1. The first kappa shape index (κ1) is 10.9. The van der Waals surface area contributed by atoms with Crippen molar-refractivity contribution in [3.05, 3.63) is 53.3 Å². The number of hydrogen-bond acceptors (Lipinski definition) is 3. The van der Waals surface area contributed by atoms with Crippen LogP contribution in [0.15, 0.2) is 36.5 Å². The van der Waals surface area contributed by atoms with E-state index in [4.69, 9.17) is 5.26 Å². The van der Waals surface area contributed by atoms with Crippen molar-refractivity contribution >= 4 is 5.91 Å². The fraction of sp³-hybridized carbons (Fsp3) is 0.0833. The number of hydrogen-bond donors (Lipinski definition) is 2. The van der Waals surface area contributed by atoms with Crippen molar-refractivity contribution in [2.75, 3.05) is 0 Å². The molecular weight excluding hydrogens is 216 g/mol. The molecule has 0 bridgehead atoms. The average molecular weight is 226 g/mol. The van der Waals surface area contributed by atoms with Crippen LogP contribution in [0, 0.1) is 11.3 Å². The van der Waals surface area contributed by atoms with Crippen LogP contribution >= 0.6 is 0 Å². The summed E-state index contributed by atoms with van der Waals surface area (Å²) in [6.07, 6.45) is 1.52. The zero-order chi connectivity index (χ0) is 12.1. The number of nitrogens with one attached hydrogen (secondary N) is 2. The molecule has 2 N–H and O–H groups in total. The van der Waals surface area contributed by atoms with Gasteiger partial charge >= 0.3 is 0 Å². The Bertz CT molecular complexity index is 554. The van der Waals surface area contributed by atoms with Gasteiger partial charge in [0.15, 0.2) is 0 Å². The van der Waals surface area contributed by atoms with Gasteiger partial charge in [-0.05, 0) is 23.8 Å². The number of benzene rings is 1. The van der Waals surface area contributed by atoms with Gasteiger partial charge in [0.05, 0.1) is 11.6 Å². The Labute approximate surface area is 98.1 Å². The molecule has 0 saturated carbocycles. The summed E-state index contributed by atoms with van der Waals surface area (Å²) in [4.78, 5) is 11.6. The second kappa shape index (κ2) is 4.94. The number of aromatic nitrogens is 2. The van der Waals surface area contributed by atoms with Crippen LogP contribution in [-0.4, -0.2) is 16.1 Å². The van der Waals surface area contributed by atoms with E-state index in [-0.39, 0.29) is 5.91 Å². The van der Waals surface area contributed by atoms with Crippen LogP contribution in [0.2, 0.25) is 0 Å². The van der Waals surface area contributed by atoms with Gasteiger partial charge in [-0.1, -0.05) is 12.1 Å². The molecular formula is C12H10N4O. The molecule has 1 heterocycles. The molecule has 2 rings (SSSR count). The van der Waals surface area contributed by atoms with Crippen molar-refractivity contribution in [1.29, 1.82) is 5.26 Å². The molecule has 0 spiro atoms. The summed E-state index contributed by atoms with van der Waals surface area (Å²) in [6, 6.07) is 10.8. The summed E-state index contributed by atoms with van der Waals surface area (Å²) in [5.74, 6) is -0.218. The highest BCUT2D eigenvalue weighted by Crippen LogP contribution is 2.04. The lowest BCUT2D eigenvalue weighted by atomic mass is 10.1. The Kier molecular flexibility index (Phi) is 3.17. The van der Waals surface area contributed by atoms with Crippen LogP contribution in [0.3, 0.4) is 0 Å². The van der Waals surface area contributed by atoms with Crippen molar-refractivity contribution in [2.45, 2.75) is 6.54 Å². The molecule has 1 amide bonds. The number of H-pyrrole nitrogens is 1. The SMILES string of the molecule is N#Cc1cccc(CNC(=O)c2ccn[nH]2)c1. The Morgan fingerprint density at radius 2 is 2.35 bits per heavy atom. The molecule has 0 saturated heterocycles. The molecule has 0 unspecified atom stereocenters. The minimum absolute atomic E-state index is 0.218. The highest BCUT2D eigenvalue weighted by atomic mass is 16.1. The molecule has 84 valence electrons. The Balaban J connectivity index is 1.98. The molecule has 5 heteroatoms. The molecule has 0 radical (unpaired) electrons. The number of carbonyl (C=O) groups excluding carboxylic acids is 1. The van der Waals surface area contributed by atoms with Crippen molar-refractivity contribution in [1.82, 2.24) is 15.5 Å². The third-order valence-corrected chi connectivity index (χ3v) is 2.25. The number of rotatable bonds is 3. The molecule has 0 aliphatic rings. The van der Waals surface area contributed by atoms with Gasteiger partial charge in [0.2, 0.25) is 0 Å². The monoisotopic (exact) mass is 226 g/mol. The fourth-order valence-electron chi connectivity index (χ4n) is 1.41. The summed E-state index contributed by atoms with van der Waals surface area (Å²) in [5, 5.41) is 17.8. The lowest BCUT2D eigenvalue weighted by molar-refractivity contribution is 0.0946. The van der Waals surface area contributed by atoms with Gasteiger partial charge in [-0.3, -0.25) is 9.89 Å². The predicted octanol–water partition coefficient (Wildman–Crippen LogP) is 1.21. The van der Waals surface area contributed by atoms with Crippen molar-refractivity contribution in [3.8, 4) is 6.07 Å². The van der Waals surface area contributed by atoms with Crippen LogP contribution in [-0.2, 0) is 6.54 Å². The zero-order valence-electron chi connectivity index (χ0n) is 8.97. The van der Waals surface area contributed by atoms with Crippen LogP contribution in [0.4, 0.5) is 0 Å². The third-order valence-electron chi connectivity index (χ3n) is 2.25. The first-order chi connectivity index (χ1) is 8.29. The first-order valence-electron chi connectivity index (χ1n) is 5.06. The van der Waals surface area contributed by atoms with Crippen LogP contribution in [0.25, 0.3) is 0 Å². The predicted molar refractivity (Wildman–Crippen MR) is 60.9 cm³/mol. The van der Waals surface area contributed by atoms with Crippen molar-refractivity contribution < 1.29 is 4.79 Å². The van der Waals surface area contributed by atoms with E-state index >= 15 is 0 Å². The molecule has 2 aromatic rings. The molecule has 0 aliphatic heterocycles. The van der Waals surface area contributed by atoms with Gasteiger partial charge in [0.25, 0.3) is 5.91 Å². The number of aromatic amines is 1. The van der Waals surface area contributed by atoms with E-state index in [0.29, 0.717) is 17.8 Å². The van der Waals surface area contributed by atoms with Crippen molar-refractivity contribution in [2.24, 2.45) is 0 Å². The van der Waals surface area contributed by atoms with Crippen molar-refractivity contribution in [3.63, 3.8) is 0 Å². The van der Waals surface area contributed by atoms with E-state index in [0.717, 1.165) is 5.56 Å². The fourth-order valence-corrected chi connectivity index (χ4v) is 1.41. The maximum Gasteiger partial charge on any atom is 0.269 e. The minimum atomic E-state index is -0.218. The molecule has 1 aromatic carbocycles. The third kappa shape index (κ3) is 2.69. The van der Waals surface area contributed by atoms with Gasteiger partial charge in [0.1, 0.15) is 5.69 Å². The largest absolute Gasteiger partial charge is 0.347 e. The van der Waals surface area contributed by atoms with Crippen LogP contribution < -0.4 is 5.32 Å². The quantitative estimate of drug-likeness (QED) is 0.825. The lowest BCUT2D eigenvalue weighted by Gasteiger charge is -2.03. The number of amides is 1. The lowest BCUT2D eigenvalue weighted by Crippen LogP contribution is -2.23. The summed E-state index contributed by atoms with van der Waals surface area (Å²) in [7, 11) is 0. The number of nitrogens with zero attached hydrogens (tertiary/aromatic N) is 2. The minimum Gasteiger partial charge on any atom is -0.347 e. The van der Waals surface area contributed by atoms with E-state index in [9.17, 15) is 4.79 Å². The van der Waals surface area contributed by atoms with Gasteiger partial charge in [-0.15, -0.1) is 0 Å². The maximum absolute atomic E-state index is 11.6. The van der Waals surface area contributed by atoms with E-state index in [2.05, 4.69) is 21.6 Å². The van der Waals surface area contributed by atoms with Gasteiger partial charge in [-0.25, -0.2) is 0 Å². The van der Waals surface area contributed by atoms with E-state index in [1.807, 2.05) is 6.07 Å². The Morgan fingerprint density at radius 1 is 1.47 bits per heavy atom. The van der Waals surface area contributed by atoms with Gasteiger partial charge < -0.3 is 5.32 Å². The molecule has 0 fully saturated rings. The Morgan fingerprint density at radius 3 is 3.06 bits per heavy atom. The summed E-state index contributed by atoms with van der Waals surface area (Å²) in [5.41, 5.74) is 1.89. The normalized spacial score (nSPS) is 9.59. The molecule has 0 atom stereocenters. The summed E-state index contributed by atoms with van der Waals surface area (Å²) in [6.45, 7) is 0.382. The molecule has 0 aliphatic carbocycles. The van der Waals surface area contributed by atoms with Crippen LogP contribution in [0.5, 0.6) is 0 Å². The van der Waals surface area contributed by atoms with E-state index < -0.39 is 0 Å². The second-order valence-corrected chi connectivity index (χ2v) is 3.47. The summed E-state index contributed by atoms with van der Waals surface area (Å²) < 4.78 is 0. The van der Waals surface area contributed by atoms with Gasteiger partial charge in [-0.2, -0.15) is 10.4 Å². The molecule has 1 aromatic heterocycles.